The third-order valence-corrected chi connectivity index (χ3v) is 3.75. The van der Waals surface area contributed by atoms with Gasteiger partial charge in [-0.2, -0.15) is 0 Å². The van der Waals surface area contributed by atoms with Gasteiger partial charge in [-0.15, -0.1) is 0 Å². The largest absolute Gasteiger partial charge is 0.335 e. The molecule has 3 rings (SSSR count). The molecule has 27 heavy (non-hydrogen) atoms. The fourth-order valence-corrected chi connectivity index (χ4v) is 2.49. The second-order valence-corrected chi connectivity index (χ2v) is 5.53. The number of nitrogens with zero attached hydrogens (tertiary/aromatic N) is 2. The van der Waals surface area contributed by atoms with Crippen LogP contribution in [-0.4, -0.2) is 22.8 Å². The molecule has 0 atom stereocenters. The standard InChI is InChI=1S/C19H13N3O5/c23-17-16(11-5-7-13-6-4-10-15(12-13)22(26)27)18(24)21(19(25)20-17)14-8-2-1-3-9-14/h1-12H,(H,20,23,25)/b7-5+,16-11-. The van der Waals surface area contributed by atoms with Gasteiger partial charge < -0.3 is 0 Å². The van der Waals surface area contributed by atoms with E-state index in [4.69, 9.17) is 0 Å². The highest BCUT2D eigenvalue weighted by Gasteiger charge is 2.36. The molecular weight excluding hydrogens is 350 g/mol. The molecule has 134 valence electrons. The fraction of sp³-hybridized carbons (Fsp3) is 0. The predicted molar refractivity (Wildman–Crippen MR) is 97.7 cm³/mol. The van der Waals surface area contributed by atoms with E-state index >= 15 is 0 Å². The molecule has 1 aliphatic rings. The number of amides is 4. The van der Waals surface area contributed by atoms with Crippen molar-refractivity contribution in [2.75, 3.05) is 4.90 Å². The van der Waals surface area contributed by atoms with Gasteiger partial charge in [0.25, 0.3) is 17.5 Å². The number of carbonyl (C=O) groups excluding carboxylic acids is 3. The average Bonchev–Trinajstić information content (AvgIpc) is 2.65. The molecule has 0 radical (unpaired) electrons. The summed E-state index contributed by atoms with van der Waals surface area (Å²) in [7, 11) is 0. The Kier molecular flexibility index (Phi) is 4.89. The van der Waals surface area contributed by atoms with Crippen LogP contribution in [0.5, 0.6) is 0 Å². The molecule has 0 unspecified atom stereocenters. The minimum absolute atomic E-state index is 0.0721. The number of urea groups is 1. The van der Waals surface area contributed by atoms with Gasteiger partial charge in [0.15, 0.2) is 0 Å². The van der Waals surface area contributed by atoms with Crippen molar-refractivity contribution in [3.05, 3.63) is 88.0 Å². The van der Waals surface area contributed by atoms with Gasteiger partial charge in [0.1, 0.15) is 5.57 Å². The van der Waals surface area contributed by atoms with Crippen LogP contribution in [-0.2, 0) is 9.59 Å². The van der Waals surface area contributed by atoms with Crippen LogP contribution in [0.3, 0.4) is 0 Å². The van der Waals surface area contributed by atoms with Crippen molar-refractivity contribution in [1.82, 2.24) is 5.32 Å². The lowest BCUT2D eigenvalue weighted by Crippen LogP contribution is -2.54. The Morgan fingerprint density at radius 1 is 1.00 bits per heavy atom. The monoisotopic (exact) mass is 363 g/mol. The lowest BCUT2D eigenvalue weighted by Gasteiger charge is -2.26. The van der Waals surface area contributed by atoms with Gasteiger partial charge in [0, 0.05) is 12.1 Å². The number of carbonyl (C=O) groups is 3. The fourth-order valence-electron chi connectivity index (χ4n) is 2.49. The van der Waals surface area contributed by atoms with Gasteiger partial charge in [0.05, 0.1) is 10.6 Å². The number of hydrogen-bond acceptors (Lipinski definition) is 5. The summed E-state index contributed by atoms with van der Waals surface area (Å²) in [6.45, 7) is 0. The highest BCUT2D eigenvalue weighted by Crippen LogP contribution is 2.20. The molecule has 8 heteroatoms. The molecular formula is C19H13N3O5. The second-order valence-electron chi connectivity index (χ2n) is 5.53. The lowest BCUT2D eigenvalue weighted by molar-refractivity contribution is -0.384. The van der Waals surface area contributed by atoms with E-state index in [2.05, 4.69) is 5.32 Å². The summed E-state index contributed by atoms with van der Waals surface area (Å²) in [6.07, 6.45) is 4.20. The number of allylic oxidation sites excluding steroid dienone is 2. The number of nitro groups is 1. The highest BCUT2D eigenvalue weighted by molar-refractivity contribution is 6.37. The van der Waals surface area contributed by atoms with Crippen molar-refractivity contribution >= 4 is 35.3 Å². The number of non-ortho nitro benzene ring substituents is 1. The summed E-state index contributed by atoms with van der Waals surface area (Å²) in [5.74, 6) is -1.56. The number of nitrogens with one attached hydrogen (secondary N) is 1. The van der Waals surface area contributed by atoms with Crippen molar-refractivity contribution in [3.8, 4) is 0 Å². The summed E-state index contributed by atoms with van der Waals surface area (Å²) in [4.78, 5) is 47.8. The maximum absolute atomic E-state index is 12.6. The van der Waals surface area contributed by atoms with Crippen LogP contribution >= 0.6 is 0 Å². The van der Waals surface area contributed by atoms with Crippen molar-refractivity contribution < 1.29 is 19.3 Å². The van der Waals surface area contributed by atoms with Gasteiger partial charge in [-0.3, -0.25) is 25.0 Å². The first kappa shape index (κ1) is 17.7. The predicted octanol–water partition coefficient (Wildman–Crippen LogP) is 2.82. The SMILES string of the molecule is O=C1NC(=O)N(c2ccccc2)C(=O)/C1=C\C=C\c1cccc([N+](=O)[O-])c1. The molecule has 0 spiro atoms. The van der Waals surface area contributed by atoms with Gasteiger partial charge in [-0.05, 0) is 23.8 Å². The number of nitro benzene ring substituents is 1. The van der Waals surface area contributed by atoms with Gasteiger partial charge in [0.2, 0.25) is 0 Å². The summed E-state index contributed by atoms with van der Waals surface area (Å²) in [5.41, 5.74) is 0.569. The molecule has 0 bridgehead atoms. The van der Waals surface area contributed by atoms with Gasteiger partial charge in [-0.1, -0.05) is 42.5 Å². The van der Waals surface area contributed by atoms with Crippen molar-refractivity contribution in [2.45, 2.75) is 0 Å². The number of barbiturate groups is 1. The first-order valence-electron chi connectivity index (χ1n) is 7.85. The third kappa shape index (κ3) is 3.79. The van der Waals surface area contributed by atoms with E-state index in [1.807, 2.05) is 0 Å². The van der Waals surface area contributed by atoms with E-state index < -0.39 is 22.8 Å². The van der Waals surface area contributed by atoms with Gasteiger partial charge in [-0.25, -0.2) is 9.69 Å². The van der Waals surface area contributed by atoms with Crippen LogP contribution in [0.2, 0.25) is 0 Å². The van der Waals surface area contributed by atoms with Crippen molar-refractivity contribution in [1.29, 1.82) is 0 Å². The molecule has 1 heterocycles. The van der Waals surface area contributed by atoms with Crippen LogP contribution in [0.1, 0.15) is 5.56 Å². The second kappa shape index (κ2) is 7.44. The molecule has 1 fully saturated rings. The number of benzene rings is 2. The number of anilines is 1. The molecule has 1 saturated heterocycles. The quantitative estimate of drug-likeness (QED) is 0.389. The van der Waals surface area contributed by atoms with Crippen LogP contribution < -0.4 is 10.2 Å². The number of para-hydroxylation sites is 1. The van der Waals surface area contributed by atoms with E-state index in [0.717, 1.165) is 4.90 Å². The Morgan fingerprint density at radius 3 is 2.44 bits per heavy atom. The first-order valence-corrected chi connectivity index (χ1v) is 7.85. The topological polar surface area (TPSA) is 110 Å². The summed E-state index contributed by atoms with van der Waals surface area (Å²) in [6, 6.07) is 13.3. The molecule has 0 aromatic heterocycles. The Morgan fingerprint density at radius 2 is 1.74 bits per heavy atom. The summed E-state index contributed by atoms with van der Waals surface area (Å²) in [5, 5.41) is 12.9. The molecule has 0 saturated carbocycles. The van der Waals surface area contributed by atoms with Gasteiger partial charge >= 0.3 is 6.03 Å². The Balaban J connectivity index is 1.87. The number of hydrogen-bond donors (Lipinski definition) is 1. The smallest absolute Gasteiger partial charge is 0.273 e. The van der Waals surface area contributed by atoms with E-state index in [0.29, 0.717) is 11.3 Å². The molecule has 1 aliphatic heterocycles. The van der Waals surface area contributed by atoms with Crippen molar-refractivity contribution in [3.63, 3.8) is 0 Å². The molecule has 4 amide bonds. The van der Waals surface area contributed by atoms with E-state index in [9.17, 15) is 24.5 Å². The van der Waals surface area contributed by atoms with E-state index in [1.165, 1.54) is 36.4 Å². The normalized spacial score (nSPS) is 16.1. The van der Waals surface area contributed by atoms with Crippen LogP contribution in [0.15, 0.2) is 72.3 Å². The van der Waals surface area contributed by atoms with E-state index in [1.54, 1.807) is 36.4 Å². The molecule has 1 N–H and O–H groups in total. The van der Waals surface area contributed by atoms with Crippen molar-refractivity contribution in [2.24, 2.45) is 0 Å². The number of imide groups is 2. The highest BCUT2D eigenvalue weighted by atomic mass is 16.6. The molecule has 0 aliphatic carbocycles. The van der Waals surface area contributed by atoms with E-state index in [-0.39, 0.29) is 11.3 Å². The Labute approximate surface area is 153 Å². The summed E-state index contributed by atoms with van der Waals surface area (Å²) >= 11 is 0. The van der Waals surface area contributed by atoms with Crippen LogP contribution in [0, 0.1) is 10.1 Å². The molecule has 2 aromatic carbocycles. The molecule has 2 aromatic rings. The lowest BCUT2D eigenvalue weighted by atomic mass is 10.1. The van der Waals surface area contributed by atoms with Crippen LogP contribution in [0.25, 0.3) is 6.08 Å². The maximum Gasteiger partial charge on any atom is 0.335 e. The Bertz CT molecular complexity index is 995. The first-order chi connectivity index (χ1) is 13.0. The molecule has 8 nitrogen and oxygen atoms in total. The zero-order valence-electron chi connectivity index (χ0n) is 13.9. The maximum atomic E-state index is 12.6. The zero-order valence-corrected chi connectivity index (χ0v) is 13.9. The minimum atomic E-state index is -0.823. The number of rotatable bonds is 4. The minimum Gasteiger partial charge on any atom is -0.273 e. The average molecular weight is 363 g/mol. The summed E-state index contributed by atoms with van der Waals surface area (Å²) < 4.78 is 0. The Hall–Kier alpha value is -4.07. The third-order valence-electron chi connectivity index (χ3n) is 3.75. The zero-order chi connectivity index (χ0) is 19.4. The van der Waals surface area contributed by atoms with Crippen LogP contribution in [0.4, 0.5) is 16.2 Å².